The summed E-state index contributed by atoms with van der Waals surface area (Å²) in [6, 6.07) is 0. The number of aryl methyl sites for hydroxylation is 1. The molecule has 144 valence electrons. The highest BCUT2D eigenvalue weighted by atomic mass is 16.3. The molecule has 0 aromatic carbocycles. The zero-order chi connectivity index (χ0) is 18.6. The van der Waals surface area contributed by atoms with E-state index in [0.717, 1.165) is 44.3 Å². The summed E-state index contributed by atoms with van der Waals surface area (Å²) in [4.78, 5) is 19.8. The van der Waals surface area contributed by atoms with Crippen molar-refractivity contribution in [2.45, 2.75) is 64.0 Å². The predicted molar refractivity (Wildman–Crippen MR) is 97.0 cm³/mol. The highest BCUT2D eigenvalue weighted by molar-refractivity contribution is 5.83. The standard InChI is InChI=1S/C20H31N3O3/c1-3-18-8-15-9-19(12-18,14-20(26,10-15)13-18)17(25)23(6-7-24)11-16-21-4-5-22(16)2/h4-5,15,24,26H,3,6-14H2,1-2H3/t15-,18+,19-,20-/m1/s1. The first kappa shape index (κ1) is 18.0. The molecule has 4 fully saturated rings. The van der Waals surface area contributed by atoms with Gasteiger partial charge in [-0.25, -0.2) is 4.98 Å². The van der Waals surface area contributed by atoms with Crippen molar-refractivity contribution in [3.05, 3.63) is 18.2 Å². The van der Waals surface area contributed by atoms with E-state index in [0.29, 0.717) is 25.4 Å². The van der Waals surface area contributed by atoms with Gasteiger partial charge >= 0.3 is 0 Å². The summed E-state index contributed by atoms with van der Waals surface area (Å²) in [5, 5.41) is 20.7. The largest absolute Gasteiger partial charge is 0.395 e. The van der Waals surface area contributed by atoms with Crippen molar-refractivity contribution in [1.29, 1.82) is 0 Å². The van der Waals surface area contributed by atoms with Gasteiger partial charge in [-0.2, -0.15) is 0 Å². The van der Waals surface area contributed by atoms with Crippen LogP contribution in [0.1, 0.15) is 57.7 Å². The molecule has 4 atom stereocenters. The van der Waals surface area contributed by atoms with Gasteiger partial charge in [0.05, 0.1) is 24.2 Å². The minimum absolute atomic E-state index is 0.0567. The number of carbonyl (C=O) groups excluding carboxylic acids is 1. The number of rotatable bonds is 6. The summed E-state index contributed by atoms with van der Waals surface area (Å²) in [5.74, 6) is 1.37. The summed E-state index contributed by atoms with van der Waals surface area (Å²) in [6.07, 6.45) is 9.84. The van der Waals surface area contributed by atoms with E-state index in [-0.39, 0.29) is 17.9 Å². The zero-order valence-corrected chi connectivity index (χ0v) is 15.9. The zero-order valence-electron chi connectivity index (χ0n) is 15.9. The molecule has 4 bridgehead atoms. The maximum Gasteiger partial charge on any atom is 0.229 e. The van der Waals surface area contributed by atoms with E-state index in [1.54, 1.807) is 11.1 Å². The van der Waals surface area contributed by atoms with E-state index < -0.39 is 11.0 Å². The van der Waals surface area contributed by atoms with Crippen molar-refractivity contribution in [3.8, 4) is 0 Å². The molecule has 1 aromatic heterocycles. The van der Waals surface area contributed by atoms with Crippen LogP contribution in [0.25, 0.3) is 0 Å². The van der Waals surface area contributed by atoms with Crippen LogP contribution in [0, 0.1) is 16.7 Å². The average molecular weight is 361 g/mol. The molecule has 5 rings (SSSR count). The fourth-order valence-corrected chi connectivity index (χ4v) is 6.65. The lowest BCUT2D eigenvalue weighted by Gasteiger charge is -2.64. The molecular weight excluding hydrogens is 330 g/mol. The van der Waals surface area contributed by atoms with Crippen LogP contribution in [-0.2, 0) is 18.4 Å². The van der Waals surface area contributed by atoms with Crippen LogP contribution in [0.2, 0.25) is 0 Å². The first-order chi connectivity index (χ1) is 12.3. The van der Waals surface area contributed by atoms with Crippen LogP contribution in [0.4, 0.5) is 0 Å². The van der Waals surface area contributed by atoms with Crippen LogP contribution < -0.4 is 0 Å². The SMILES string of the molecule is CC[C@@]12C[C@H]3C[C@@](O)(C1)C[C@@](C(=O)N(CCO)Cc1nccn1C)(C3)C2. The van der Waals surface area contributed by atoms with Crippen molar-refractivity contribution in [2.24, 2.45) is 23.8 Å². The maximum atomic E-state index is 13.7. The van der Waals surface area contributed by atoms with Gasteiger partial charge in [0.25, 0.3) is 0 Å². The third-order valence-electron chi connectivity index (χ3n) is 7.27. The van der Waals surface area contributed by atoms with Crippen LogP contribution in [-0.4, -0.2) is 49.3 Å². The molecule has 0 unspecified atom stereocenters. The smallest absolute Gasteiger partial charge is 0.229 e. The molecule has 4 aliphatic carbocycles. The van der Waals surface area contributed by atoms with E-state index in [1.165, 1.54) is 0 Å². The van der Waals surface area contributed by atoms with Gasteiger partial charge in [-0.15, -0.1) is 0 Å². The number of carbonyl (C=O) groups is 1. The highest BCUT2D eigenvalue weighted by Crippen LogP contribution is 2.68. The molecule has 0 aliphatic heterocycles. The normalized spacial score (nSPS) is 37.9. The first-order valence-corrected chi connectivity index (χ1v) is 9.92. The number of aromatic nitrogens is 2. The minimum Gasteiger partial charge on any atom is -0.395 e. The topological polar surface area (TPSA) is 78.6 Å². The van der Waals surface area contributed by atoms with Crippen LogP contribution in [0.3, 0.4) is 0 Å². The van der Waals surface area contributed by atoms with Gasteiger partial charge in [0, 0.05) is 26.0 Å². The number of aliphatic hydroxyl groups excluding tert-OH is 1. The lowest BCUT2D eigenvalue weighted by molar-refractivity contribution is -0.210. The molecule has 1 heterocycles. The molecule has 0 spiro atoms. The second-order valence-corrected chi connectivity index (χ2v) is 9.27. The molecule has 6 nitrogen and oxygen atoms in total. The van der Waals surface area contributed by atoms with Crippen molar-refractivity contribution in [2.75, 3.05) is 13.2 Å². The summed E-state index contributed by atoms with van der Waals surface area (Å²) < 4.78 is 1.92. The van der Waals surface area contributed by atoms with E-state index in [1.807, 2.05) is 17.8 Å². The molecule has 1 aromatic rings. The Bertz CT molecular complexity index is 704. The third-order valence-corrected chi connectivity index (χ3v) is 7.27. The lowest BCUT2D eigenvalue weighted by atomic mass is 9.42. The van der Waals surface area contributed by atoms with E-state index in [2.05, 4.69) is 11.9 Å². The molecule has 0 radical (unpaired) electrons. The van der Waals surface area contributed by atoms with Gasteiger partial charge in [0.15, 0.2) is 0 Å². The summed E-state index contributed by atoms with van der Waals surface area (Å²) >= 11 is 0. The highest BCUT2D eigenvalue weighted by Gasteiger charge is 2.65. The Balaban J connectivity index is 1.64. The molecule has 0 saturated heterocycles. The molecule has 4 saturated carbocycles. The Morgan fingerprint density at radius 2 is 2.15 bits per heavy atom. The van der Waals surface area contributed by atoms with E-state index in [4.69, 9.17) is 0 Å². The Kier molecular flexibility index (Phi) is 4.19. The molecule has 26 heavy (non-hydrogen) atoms. The van der Waals surface area contributed by atoms with Crippen molar-refractivity contribution >= 4 is 5.91 Å². The van der Waals surface area contributed by atoms with Gasteiger partial charge in [-0.1, -0.05) is 13.3 Å². The van der Waals surface area contributed by atoms with Crippen LogP contribution >= 0.6 is 0 Å². The van der Waals surface area contributed by atoms with Gasteiger partial charge in [-0.3, -0.25) is 4.79 Å². The number of amides is 1. The Hall–Kier alpha value is -1.40. The Morgan fingerprint density at radius 1 is 1.35 bits per heavy atom. The second-order valence-electron chi connectivity index (χ2n) is 9.27. The van der Waals surface area contributed by atoms with Gasteiger partial charge < -0.3 is 19.7 Å². The summed E-state index contributed by atoms with van der Waals surface area (Å²) in [6.45, 7) is 2.87. The van der Waals surface area contributed by atoms with Crippen molar-refractivity contribution < 1.29 is 15.0 Å². The fourth-order valence-electron chi connectivity index (χ4n) is 6.65. The monoisotopic (exact) mass is 361 g/mol. The Morgan fingerprint density at radius 3 is 2.77 bits per heavy atom. The number of hydrogen-bond acceptors (Lipinski definition) is 4. The summed E-state index contributed by atoms with van der Waals surface area (Å²) in [7, 11) is 1.92. The third kappa shape index (κ3) is 2.78. The molecule has 2 N–H and O–H groups in total. The van der Waals surface area contributed by atoms with Gasteiger partial charge in [0.2, 0.25) is 5.91 Å². The second kappa shape index (κ2) is 6.06. The minimum atomic E-state index is -0.681. The lowest BCUT2D eigenvalue weighted by Crippen LogP contribution is -2.64. The predicted octanol–water partition coefficient (Wildman–Crippen LogP) is 1.85. The fraction of sp³-hybridized carbons (Fsp3) is 0.800. The molecular formula is C20H31N3O3. The molecule has 6 heteroatoms. The van der Waals surface area contributed by atoms with E-state index >= 15 is 0 Å². The number of nitrogens with zero attached hydrogens (tertiary/aromatic N) is 3. The number of imidazole rings is 1. The van der Waals surface area contributed by atoms with Crippen molar-refractivity contribution in [3.63, 3.8) is 0 Å². The number of aliphatic hydroxyl groups is 2. The molecule has 4 aliphatic rings. The van der Waals surface area contributed by atoms with Gasteiger partial charge in [0.1, 0.15) is 5.82 Å². The van der Waals surface area contributed by atoms with E-state index in [9.17, 15) is 15.0 Å². The van der Waals surface area contributed by atoms with Crippen LogP contribution in [0.15, 0.2) is 12.4 Å². The van der Waals surface area contributed by atoms with Crippen molar-refractivity contribution in [1.82, 2.24) is 14.5 Å². The summed E-state index contributed by atoms with van der Waals surface area (Å²) in [5.41, 5.74) is -1.04. The molecule has 1 amide bonds. The maximum absolute atomic E-state index is 13.7. The quantitative estimate of drug-likeness (QED) is 0.811. The Labute approximate surface area is 155 Å². The number of hydrogen-bond donors (Lipinski definition) is 2. The van der Waals surface area contributed by atoms with Gasteiger partial charge in [-0.05, 0) is 49.9 Å². The van der Waals surface area contributed by atoms with Crippen LogP contribution in [0.5, 0.6) is 0 Å². The average Bonchev–Trinajstić information content (AvgIpc) is 2.96. The first-order valence-electron chi connectivity index (χ1n) is 9.92.